The van der Waals surface area contributed by atoms with Crippen LogP contribution in [-0.2, 0) is 6.42 Å². The summed E-state index contributed by atoms with van der Waals surface area (Å²) in [6.45, 7) is 10.5. The summed E-state index contributed by atoms with van der Waals surface area (Å²) < 4.78 is 0. The highest BCUT2D eigenvalue weighted by Crippen LogP contribution is 2.39. The number of benzene rings is 1. The molecule has 1 aliphatic heterocycles. The van der Waals surface area contributed by atoms with Crippen LogP contribution in [0.1, 0.15) is 37.4 Å². The summed E-state index contributed by atoms with van der Waals surface area (Å²) in [6, 6.07) is 6.54. The molecule has 1 aliphatic carbocycles. The van der Waals surface area contributed by atoms with Crippen LogP contribution in [0.25, 0.3) is 0 Å². The first kappa shape index (κ1) is 13.9. The first-order valence-electron chi connectivity index (χ1n) is 7.92. The van der Waals surface area contributed by atoms with Crippen LogP contribution in [0.3, 0.4) is 0 Å². The van der Waals surface area contributed by atoms with Gasteiger partial charge in [-0.25, -0.2) is 0 Å². The third-order valence-corrected chi connectivity index (χ3v) is 4.69. The van der Waals surface area contributed by atoms with Crippen molar-refractivity contribution in [2.45, 2.75) is 32.7 Å². The smallest absolute Gasteiger partial charge is 0.119 e. The lowest BCUT2D eigenvalue weighted by molar-refractivity contribution is 0.0890. The molecule has 1 heterocycles. The molecule has 0 aromatic heterocycles. The topological polar surface area (TPSA) is 26.7 Å². The molecule has 3 rings (SSSR count). The molecule has 3 heteroatoms. The third-order valence-electron chi connectivity index (χ3n) is 4.69. The molecule has 20 heavy (non-hydrogen) atoms. The number of rotatable bonds is 3. The Morgan fingerprint density at radius 3 is 2.65 bits per heavy atom. The Bertz CT molecular complexity index is 464. The molecule has 3 nitrogen and oxygen atoms in total. The molecule has 110 valence electrons. The van der Waals surface area contributed by atoms with Crippen LogP contribution < -0.4 is 0 Å². The van der Waals surface area contributed by atoms with E-state index in [0.29, 0.717) is 11.8 Å². The molecule has 1 saturated heterocycles. The molecular weight excluding hydrogens is 248 g/mol. The average molecular weight is 274 g/mol. The maximum Gasteiger partial charge on any atom is 0.119 e. The van der Waals surface area contributed by atoms with Gasteiger partial charge in [0.2, 0.25) is 0 Å². The maximum absolute atomic E-state index is 9.96. The molecule has 0 amide bonds. The van der Waals surface area contributed by atoms with E-state index in [4.69, 9.17) is 0 Å². The van der Waals surface area contributed by atoms with Crippen molar-refractivity contribution < 1.29 is 5.11 Å². The minimum atomic E-state index is 0.489. The van der Waals surface area contributed by atoms with Crippen LogP contribution in [-0.4, -0.2) is 47.6 Å². The minimum Gasteiger partial charge on any atom is -0.508 e. The molecule has 0 radical (unpaired) electrons. The maximum atomic E-state index is 9.96. The van der Waals surface area contributed by atoms with Crippen LogP contribution in [0.5, 0.6) is 5.75 Å². The summed E-state index contributed by atoms with van der Waals surface area (Å²) in [6.07, 6.45) is 2.19. The highest BCUT2D eigenvalue weighted by Gasteiger charge is 2.31. The van der Waals surface area contributed by atoms with Gasteiger partial charge < -0.3 is 10.0 Å². The highest BCUT2D eigenvalue weighted by molar-refractivity contribution is 5.44. The minimum absolute atomic E-state index is 0.489. The van der Waals surface area contributed by atoms with Crippen LogP contribution >= 0.6 is 0 Å². The first-order valence-corrected chi connectivity index (χ1v) is 7.92. The normalized spacial score (nSPS) is 24.2. The third kappa shape index (κ3) is 2.70. The van der Waals surface area contributed by atoms with Crippen molar-refractivity contribution in [2.75, 3.05) is 32.7 Å². The second-order valence-corrected chi connectivity index (χ2v) is 6.63. The number of aromatic hydroxyl groups is 1. The van der Waals surface area contributed by atoms with E-state index in [0.717, 1.165) is 31.8 Å². The Morgan fingerprint density at radius 2 is 1.95 bits per heavy atom. The van der Waals surface area contributed by atoms with Crippen LogP contribution in [0.15, 0.2) is 18.2 Å². The largest absolute Gasteiger partial charge is 0.508 e. The molecular formula is C17H26N2O. The summed E-state index contributed by atoms with van der Waals surface area (Å²) in [7, 11) is 0. The Morgan fingerprint density at radius 1 is 1.20 bits per heavy atom. The predicted molar refractivity (Wildman–Crippen MR) is 82.0 cm³/mol. The van der Waals surface area contributed by atoms with Crippen LogP contribution in [0.2, 0.25) is 0 Å². The number of piperazine rings is 1. The number of phenols is 1. The van der Waals surface area contributed by atoms with Crippen molar-refractivity contribution in [1.82, 2.24) is 9.80 Å². The zero-order valence-corrected chi connectivity index (χ0v) is 12.7. The monoisotopic (exact) mass is 274 g/mol. The van der Waals surface area contributed by atoms with Gasteiger partial charge >= 0.3 is 0 Å². The number of hydrogen-bond acceptors (Lipinski definition) is 3. The summed E-state index contributed by atoms with van der Waals surface area (Å²) in [4.78, 5) is 5.20. The number of phenolic OH excluding ortho intramolecular Hbond substituents is 1. The van der Waals surface area contributed by atoms with Gasteiger partial charge in [-0.05, 0) is 36.0 Å². The van der Waals surface area contributed by atoms with E-state index >= 15 is 0 Å². The van der Waals surface area contributed by atoms with Gasteiger partial charge in [0.05, 0.1) is 0 Å². The lowest BCUT2D eigenvalue weighted by atomic mass is 10.1. The van der Waals surface area contributed by atoms with Gasteiger partial charge in [0, 0.05) is 38.8 Å². The van der Waals surface area contributed by atoms with E-state index in [-0.39, 0.29) is 0 Å². The predicted octanol–water partition coefficient (Wildman–Crippen LogP) is 2.65. The van der Waals surface area contributed by atoms with Gasteiger partial charge in [-0.15, -0.1) is 0 Å². The van der Waals surface area contributed by atoms with Crippen LogP contribution in [0.4, 0.5) is 0 Å². The fourth-order valence-electron chi connectivity index (χ4n) is 3.77. The quantitative estimate of drug-likeness (QED) is 0.918. The zero-order chi connectivity index (χ0) is 14.1. The standard InChI is InChI=1S/C17H26N2O/c1-13(2)12-18-8-10-19(11-9-18)16-7-6-15-14(16)4-3-5-17(15)20/h3-5,13,16,20H,6-12H2,1-2H3. The van der Waals surface area contributed by atoms with E-state index in [1.54, 1.807) is 0 Å². The molecule has 1 N–H and O–H groups in total. The SMILES string of the molecule is CC(C)CN1CCN(C2CCc3c(O)cccc32)CC1. The van der Waals surface area contributed by atoms with Crippen molar-refractivity contribution in [3.8, 4) is 5.75 Å². The molecule has 1 aromatic rings. The van der Waals surface area contributed by atoms with Crippen molar-refractivity contribution in [3.63, 3.8) is 0 Å². The van der Waals surface area contributed by atoms with Crippen molar-refractivity contribution in [1.29, 1.82) is 0 Å². The number of fused-ring (bicyclic) bond motifs is 1. The molecule has 0 saturated carbocycles. The molecule has 1 fully saturated rings. The molecule has 2 aliphatic rings. The van der Waals surface area contributed by atoms with Gasteiger partial charge in [-0.3, -0.25) is 4.90 Å². The average Bonchev–Trinajstić information content (AvgIpc) is 2.84. The van der Waals surface area contributed by atoms with Gasteiger partial charge in [-0.2, -0.15) is 0 Å². The Labute approximate surface area is 122 Å². The highest BCUT2D eigenvalue weighted by atomic mass is 16.3. The Balaban J connectivity index is 1.65. The van der Waals surface area contributed by atoms with E-state index < -0.39 is 0 Å². The molecule has 0 bridgehead atoms. The number of hydrogen-bond donors (Lipinski definition) is 1. The zero-order valence-electron chi connectivity index (χ0n) is 12.7. The van der Waals surface area contributed by atoms with Crippen LogP contribution in [0, 0.1) is 5.92 Å². The molecule has 1 aromatic carbocycles. The summed E-state index contributed by atoms with van der Waals surface area (Å²) in [5.74, 6) is 1.24. The first-order chi connectivity index (χ1) is 9.65. The van der Waals surface area contributed by atoms with Gasteiger partial charge in [0.25, 0.3) is 0 Å². The Hall–Kier alpha value is -1.06. The summed E-state index contributed by atoms with van der Waals surface area (Å²) in [5.41, 5.74) is 2.55. The lowest BCUT2D eigenvalue weighted by Gasteiger charge is -2.39. The summed E-state index contributed by atoms with van der Waals surface area (Å²) >= 11 is 0. The fraction of sp³-hybridized carbons (Fsp3) is 0.647. The van der Waals surface area contributed by atoms with E-state index in [9.17, 15) is 5.11 Å². The lowest BCUT2D eigenvalue weighted by Crippen LogP contribution is -2.48. The molecule has 0 spiro atoms. The van der Waals surface area contributed by atoms with Gasteiger partial charge in [0.1, 0.15) is 5.75 Å². The van der Waals surface area contributed by atoms with Crippen molar-refractivity contribution >= 4 is 0 Å². The van der Waals surface area contributed by atoms with Crippen molar-refractivity contribution in [2.24, 2.45) is 5.92 Å². The summed E-state index contributed by atoms with van der Waals surface area (Å²) in [5, 5.41) is 9.96. The number of nitrogens with zero attached hydrogens (tertiary/aromatic N) is 2. The van der Waals surface area contributed by atoms with E-state index in [1.807, 2.05) is 12.1 Å². The van der Waals surface area contributed by atoms with Gasteiger partial charge in [0.15, 0.2) is 0 Å². The van der Waals surface area contributed by atoms with E-state index in [1.165, 1.54) is 30.8 Å². The van der Waals surface area contributed by atoms with Crippen molar-refractivity contribution in [3.05, 3.63) is 29.3 Å². The molecule has 1 atom stereocenters. The fourth-order valence-corrected chi connectivity index (χ4v) is 3.77. The second-order valence-electron chi connectivity index (χ2n) is 6.63. The van der Waals surface area contributed by atoms with Gasteiger partial charge in [-0.1, -0.05) is 26.0 Å². The second kappa shape index (κ2) is 5.74. The Kier molecular flexibility index (Phi) is 3.99. The molecule has 1 unspecified atom stereocenters. The van der Waals surface area contributed by atoms with E-state index in [2.05, 4.69) is 29.7 Å².